The minimum atomic E-state index is 0.377. The summed E-state index contributed by atoms with van der Waals surface area (Å²) in [4.78, 5) is 0. The Balaban J connectivity index is 2.16. The third kappa shape index (κ3) is 2.80. The van der Waals surface area contributed by atoms with Gasteiger partial charge in [0.1, 0.15) is 0 Å². The third-order valence-electron chi connectivity index (χ3n) is 4.85. The molecule has 1 heterocycles. The summed E-state index contributed by atoms with van der Waals surface area (Å²) < 4.78 is 6.04. The number of rotatable bonds is 4. The van der Waals surface area contributed by atoms with Crippen LogP contribution in [0.2, 0.25) is 0 Å². The first-order chi connectivity index (χ1) is 8.65. The molecule has 0 bridgehead atoms. The number of hydrogen-bond donors (Lipinski definition) is 1. The molecule has 2 heteroatoms. The third-order valence-corrected chi connectivity index (χ3v) is 4.85. The molecular weight excluding hydrogens is 222 g/mol. The van der Waals surface area contributed by atoms with E-state index in [1.54, 1.807) is 5.57 Å². The highest BCUT2D eigenvalue weighted by atomic mass is 16.5. The van der Waals surface area contributed by atoms with Crippen LogP contribution in [0.3, 0.4) is 0 Å². The van der Waals surface area contributed by atoms with Crippen LogP contribution in [-0.2, 0) is 4.74 Å². The van der Waals surface area contributed by atoms with Crippen molar-refractivity contribution >= 4 is 0 Å². The summed E-state index contributed by atoms with van der Waals surface area (Å²) in [6.45, 7) is 10.1. The van der Waals surface area contributed by atoms with Crippen LogP contribution in [0.15, 0.2) is 11.6 Å². The average Bonchev–Trinajstić information content (AvgIpc) is 2.62. The maximum Gasteiger partial charge on any atom is 0.0600 e. The lowest BCUT2D eigenvalue weighted by atomic mass is 9.78. The molecule has 0 amide bonds. The van der Waals surface area contributed by atoms with Gasteiger partial charge in [0.05, 0.1) is 12.2 Å². The van der Waals surface area contributed by atoms with Crippen molar-refractivity contribution in [3.63, 3.8) is 0 Å². The van der Waals surface area contributed by atoms with Crippen LogP contribution in [0.25, 0.3) is 0 Å². The zero-order valence-corrected chi connectivity index (χ0v) is 12.4. The fourth-order valence-electron chi connectivity index (χ4n) is 3.75. The lowest BCUT2D eigenvalue weighted by molar-refractivity contribution is 0.0487. The van der Waals surface area contributed by atoms with E-state index in [4.69, 9.17) is 4.74 Å². The fourth-order valence-corrected chi connectivity index (χ4v) is 3.75. The van der Waals surface area contributed by atoms with E-state index in [1.807, 2.05) is 0 Å². The normalized spacial score (nSPS) is 38.6. The van der Waals surface area contributed by atoms with Gasteiger partial charge in [0.2, 0.25) is 0 Å². The van der Waals surface area contributed by atoms with Gasteiger partial charge in [0.15, 0.2) is 0 Å². The Morgan fingerprint density at radius 2 is 2.06 bits per heavy atom. The number of nitrogens with one attached hydrogen (secondary N) is 1. The Kier molecular flexibility index (Phi) is 4.85. The molecule has 1 N–H and O–H groups in total. The van der Waals surface area contributed by atoms with Gasteiger partial charge in [-0.1, -0.05) is 25.5 Å². The van der Waals surface area contributed by atoms with E-state index >= 15 is 0 Å². The topological polar surface area (TPSA) is 21.3 Å². The molecule has 18 heavy (non-hydrogen) atoms. The molecule has 1 aliphatic heterocycles. The van der Waals surface area contributed by atoms with E-state index < -0.39 is 0 Å². The van der Waals surface area contributed by atoms with Crippen molar-refractivity contribution in [3.8, 4) is 0 Å². The molecule has 5 unspecified atom stereocenters. The SMILES string of the molecule is CCNC(C1=CCCCC1)C1C(C)OC(C)C1C. The van der Waals surface area contributed by atoms with Crippen molar-refractivity contribution in [2.75, 3.05) is 6.54 Å². The summed E-state index contributed by atoms with van der Waals surface area (Å²) in [5.74, 6) is 1.27. The predicted octanol–water partition coefficient (Wildman–Crippen LogP) is 3.52. The van der Waals surface area contributed by atoms with Crippen molar-refractivity contribution in [2.24, 2.45) is 11.8 Å². The molecule has 5 atom stereocenters. The maximum absolute atomic E-state index is 6.04. The largest absolute Gasteiger partial charge is 0.375 e. The average molecular weight is 251 g/mol. The van der Waals surface area contributed by atoms with E-state index in [0.717, 1.165) is 6.54 Å². The van der Waals surface area contributed by atoms with Crippen LogP contribution in [-0.4, -0.2) is 24.8 Å². The van der Waals surface area contributed by atoms with Crippen molar-refractivity contribution in [3.05, 3.63) is 11.6 Å². The second-order valence-electron chi connectivity index (χ2n) is 6.04. The zero-order chi connectivity index (χ0) is 13.1. The number of likely N-dealkylation sites (N-methyl/N-ethyl adjacent to an activating group) is 1. The monoisotopic (exact) mass is 251 g/mol. The van der Waals surface area contributed by atoms with Gasteiger partial charge in [0.25, 0.3) is 0 Å². The van der Waals surface area contributed by atoms with Crippen LogP contribution in [0.4, 0.5) is 0 Å². The second-order valence-corrected chi connectivity index (χ2v) is 6.04. The Morgan fingerprint density at radius 1 is 1.28 bits per heavy atom. The predicted molar refractivity (Wildman–Crippen MR) is 76.7 cm³/mol. The highest BCUT2D eigenvalue weighted by Gasteiger charge is 2.42. The maximum atomic E-state index is 6.04. The molecule has 104 valence electrons. The molecule has 0 aromatic rings. The summed E-state index contributed by atoms with van der Waals surface area (Å²) >= 11 is 0. The highest BCUT2D eigenvalue weighted by Crippen LogP contribution is 2.38. The summed E-state index contributed by atoms with van der Waals surface area (Å²) in [6.07, 6.45) is 8.53. The standard InChI is InChI=1S/C16H29NO/c1-5-17-16(14-9-7-6-8-10-14)15-11(2)12(3)18-13(15)4/h9,11-13,15-17H,5-8,10H2,1-4H3. The quantitative estimate of drug-likeness (QED) is 0.772. The number of allylic oxidation sites excluding steroid dienone is 1. The molecule has 2 nitrogen and oxygen atoms in total. The molecule has 0 spiro atoms. The Hall–Kier alpha value is -0.340. The summed E-state index contributed by atoms with van der Waals surface area (Å²) in [6, 6.07) is 0.533. The number of ether oxygens (including phenoxy) is 1. The van der Waals surface area contributed by atoms with Crippen LogP contribution in [0, 0.1) is 11.8 Å². The van der Waals surface area contributed by atoms with Crippen molar-refractivity contribution in [1.29, 1.82) is 0 Å². The van der Waals surface area contributed by atoms with Crippen molar-refractivity contribution in [1.82, 2.24) is 5.32 Å². The lowest BCUT2D eigenvalue weighted by Gasteiger charge is -2.33. The number of hydrogen-bond acceptors (Lipinski definition) is 2. The minimum Gasteiger partial charge on any atom is -0.375 e. The summed E-state index contributed by atoms with van der Waals surface area (Å²) in [5.41, 5.74) is 1.64. The summed E-state index contributed by atoms with van der Waals surface area (Å²) in [7, 11) is 0. The minimum absolute atomic E-state index is 0.377. The molecule has 2 aliphatic rings. The molecule has 2 rings (SSSR count). The van der Waals surface area contributed by atoms with Gasteiger partial charge in [-0.05, 0) is 52.0 Å². The first kappa shape index (κ1) is 14.1. The summed E-state index contributed by atoms with van der Waals surface area (Å²) in [5, 5.41) is 3.73. The van der Waals surface area contributed by atoms with Crippen LogP contribution < -0.4 is 5.32 Å². The smallest absolute Gasteiger partial charge is 0.0600 e. The second kappa shape index (κ2) is 6.21. The van der Waals surface area contributed by atoms with Crippen LogP contribution in [0.1, 0.15) is 53.4 Å². The van der Waals surface area contributed by atoms with Gasteiger partial charge < -0.3 is 10.1 Å². The molecule has 1 fully saturated rings. The van der Waals surface area contributed by atoms with E-state index in [1.165, 1.54) is 25.7 Å². The molecule has 1 aliphatic carbocycles. The molecule has 0 aromatic carbocycles. The first-order valence-electron chi connectivity index (χ1n) is 7.73. The van der Waals surface area contributed by atoms with Gasteiger partial charge in [-0.2, -0.15) is 0 Å². The van der Waals surface area contributed by atoms with E-state index in [9.17, 15) is 0 Å². The van der Waals surface area contributed by atoms with E-state index in [0.29, 0.717) is 30.1 Å². The zero-order valence-electron chi connectivity index (χ0n) is 12.4. The molecule has 0 radical (unpaired) electrons. The van der Waals surface area contributed by atoms with E-state index in [2.05, 4.69) is 39.1 Å². The first-order valence-corrected chi connectivity index (χ1v) is 7.73. The van der Waals surface area contributed by atoms with Crippen molar-refractivity contribution < 1.29 is 4.74 Å². The van der Waals surface area contributed by atoms with Gasteiger partial charge in [-0.3, -0.25) is 0 Å². The van der Waals surface area contributed by atoms with Gasteiger partial charge in [-0.25, -0.2) is 0 Å². The van der Waals surface area contributed by atoms with Crippen LogP contribution >= 0.6 is 0 Å². The van der Waals surface area contributed by atoms with Gasteiger partial charge in [-0.15, -0.1) is 0 Å². The van der Waals surface area contributed by atoms with E-state index in [-0.39, 0.29) is 0 Å². The Labute approximate surface area is 112 Å². The fraction of sp³-hybridized carbons (Fsp3) is 0.875. The molecule has 0 aromatic heterocycles. The highest BCUT2D eigenvalue weighted by molar-refractivity contribution is 5.17. The van der Waals surface area contributed by atoms with Crippen molar-refractivity contribution in [2.45, 2.75) is 71.6 Å². The van der Waals surface area contributed by atoms with Gasteiger partial charge >= 0.3 is 0 Å². The van der Waals surface area contributed by atoms with Gasteiger partial charge in [0, 0.05) is 12.0 Å². The molecule has 1 saturated heterocycles. The Bertz CT molecular complexity index is 299. The molecular formula is C16H29NO. The Morgan fingerprint density at radius 3 is 2.56 bits per heavy atom. The lowest BCUT2D eigenvalue weighted by Crippen LogP contribution is -2.43. The molecule has 0 saturated carbocycles. The van der Waals surface area contributed by atoms with Crippen LogP contribution in [0.5, 0.6) is 0 Å².